The fraction of sp³-hybridized carbons (Fsp3) is 0.636. The van der Waals surface area contributed by atoms with Crippen molar-refractivity contribution in [3.63, 3.8) is 0 Å². The molecular formula is C11H18N2O3S. The number of hydrogen-bond donors (Lipinski definition) is 1. The molecule has 0 saturated heterocycles. The predicted molar refractivity (Wildman–Crippen MR) is 67.8 cm³/mol. The smallest absolute Gasteiger partial charge is 0.303 e. The van der Waals surface area contributed by atoms with Gasteiger partial charge in [0.1, 0.15) is 0 Å². The monoisotopic (exact) mass is 258 g/mol. The minimum atomic E-state index is -0.788. The first kappa shape index (κ1) is 13.9. The maximum Gasteiger partial charge on any atom is 0.303 e. The normalized spacial score (nSPS) is 10.5. The predicted octanol–water partition coefficient (Wildman–Crippen LogP) is 1.63. The van der Waals surface area contributed by atoms with Crippen molar-refractivity contribution in [1.29, 1.82) is 0 Å². The zero-order chi connectivity index (χ0) is 12.7. The topological polar surface area (TPSA) is 62.7 Å². The molecule has 17 heavy (non-hydrogen) atoms. The second-order valence-corrected chi connectivity index (χ2v) is 4.47. The number of aliphatic carboxylic acids is 1. The van der Waals surface area contributed by atoms with Gasteiger partial charge in [0.2, 0.25) is 0 Å². The third-order valence-corrected chi connectivity index (χ3v) is 3.24. The van der Waals surface area contributed by atoms with E-state index in [1.807, 2.05) is 24.3 Å². The molecule has 1 heterocycles. The number of carbonyl (C=O) groups is 1. The standard InChI is InChI=1S/C11H18N2O3S/c1-3-16-7-6-13(2)11-12-9(8-17-11)4-5-10(14)15/h8H,3-7H2,1-2H3,(H,14,15). The molecule has 5 nitrogen and oxygen atoms in total. The van der Waals surface area contributed by atoms with E-state index < -0.39 is 5.97 Å². The van der Waals surface area contributed by atoms with Gasteiger partial charge in [-0.25, -0.2) is 4.98 Å². The highest BCUT2D eigenvalue weighted by Gasteiger charge is 2.08. The maximum absolute atomic E-state index is 10.4. The Morgan fingerprint density at radius 2 is 2.41 bits per heavy atom. The minimum absolute atomic E-state index is 0.131. The van der Waals surface area contributed by atoms with E-state index in [2.05, 4.69) is 4.98 Å². The van der Waals surface area contributed by atoms with Crippen molar-refractivity contribution in [2.24, 2.45) is 0 Å². The van der Waals surface area contributed by atoms with E-state index in [0.29, 0.717) is 13.0 Å². The summed E-state index contributed by atoms with van der Waals surface area (Å²) in [7, 11) is 1.96. The molecule has 0 fully saturated rings. The molecule has 1 aromatic rings. The largest absolute Gasteiger partial charge is 0.481 e. The maximum atomic E-state index is 10.4. The van der Waals surface area contributed by atoms with Gasteiger partial charge in [-0.05, 0) is 6.92 Å². The van der Waals surface area contributed by atoms with E-state index in [9.17, 15) is 4.79 Å². The summed E-state index contributed by atoms with van der Waals surface area (Å²) in [6.45, 7) is 4.15. The van der Waals surface area contributed by atoms with Crippen molar-refractivity contribution in [2.45, 2.75) is 19.8 Å². The SMILES string of the molecule is CCOCCN(C)c1nc(CCC(=O)O)cs1. The van der Waals surface area contributed by atoms with Gasteiger partial charge in [0, 0.05) is 32.0 Å². The highest BCUT2D eigenvalue weighted by Crippen LogP contribution is 2.19. The number of aryl methyl sites for hydroxylation is 1. The van der Waals surface area contributed by atoms with Gasteiger partial charge in [0.05, 0.1) is 18.7 Å². The lowest BCUT2D eigenvalue weighted by Gasteiger charge is -2.14. The molecule has 0 spiro atoms. The van der Waals surface area contributed by atoms with Crippen LogP contribution in [0.2, 0.25) is 0 Å². The molecule has 0 unspecified atom stereocenters. The molecule has 0 aliphatic carbocycles. The van der Waals surface area contributed by atoms with Crippen molar-refractivity contribution in [2.75, 3.05) is 31.7 Å². The van der Waals surface area contributed by atoms with Crippen LogP contribution in [0.3, 0.4) is 0 Å². The Morgan fingerprint density at radius 3 is 3.06 bits per heavy atom. The molecule has 0 saturated carbocycles. The Kier molecular flexibility index (Phi) is 5.93. The quantitative estimate of drug-likeness (QED) is 0.718. The second kappa shape index (κ2) is 7.24. The molecule has 0 aliphatic rings. The number of aromatic nitrogens is 1. The summed E-state index contributed by atoms with van der Waals surface area (Å²) in [5, 5.41) is 11.4. The molecular weight excluding hydrogens is 240 g/mol. The lowest BCUT2D eigenvalue weighted by Crippen LogP contribution is -2.22. The summed E-state index contributed by atoms with van der Waals surface area (Å²) in [4.78, 5) is 16.8. The van der Waals surface area contributed by atoms with E-state index in [0.717, 1.165) is 24.0 Å². The molecule has 0 amide bonds. The Balaban J connectivity index is 2.40. The van der Waals surface area contributed by atoms with Gasteiger partial charge in [0.15, 0.2) is 5.13 Å². The summed E-state index contributed by atoms with van der Waals surface area (Å²) in [5.74, 6) is -0.788. The first-order valence-electron chi connectivity index (χ1n) is 5.58. The van der Waals surface area contributed by atoms with E-state index in [-0.39, 0.29) is 6.42 Å². The van der Waals surface area contributed by atoms with Crippen molar-refractivity contribution < 1.29 is 14.6 Å². The van der Waals surface area contributed by atoms with E-state index >= 15 is 0 Å². The number of hydrogen-bond acceptors (Lipinski definition) is 5. The molecule has 1 N–H and O–H groups in total. The Morgan fingerprint density at radius 1 is 1.65 bits per heavy atom. The molecule has 0 radical (unpaired) electrons. The number of ether oxygens (including phenoxy) is 1. The number of nitrogens with zero attached hydrogens (tertiary/aromatic N) is 2. The molecule has 1 aromatic heterocycles. The van der Waals surface area contributed by atoms with Crippen LogP contribution in [0.4, 0.5) is 5.13 Å². The molecule has 0 aromatic carbocycles. The summed E-state index contributed by atoms with van der Waals surface area (Å²) < 4.78 is 5.27. The zero-order valence-electron chi connectivity index (χ0n) is 10.2. The number of likely N-dealkylation sites (N-methyl/N-ethyl adjacent to an activating group) is 1. The van der Waals surface area contributed by atoms with Crippen LogP contribution in [0, 0.1) is 0 Å². The van der Waals surface area contributed by atoms with Crippen LogP contribution in [-0.4, -0.2) is 42.9 Å². The van der Waals surface area contributed by atoms with Gasteiger partial charge in [-0.2, -0.15) is 0 Å². The second-order valence-electron chi connectivity index (χ2n) is 3.63. The fourth-order valence-electron chi connectivity index (χ4n) is 1.26. The summed E-state index contributed by atoms with van der Waals surface area (Å²) in [5.41, 5.74) is 0.843. The zero-order valence-corrected chi connectivity index (χ0v) is 11.0. The molecule has 96 valence electrons. The van der Waals surface area contributed by atoms with E-state index in [1.165, 1.54) is 11.3 Å². The molecule has 0 bridgehead atoms. The van der Waals surface area contributed by atoms with Crippen LogP contribution < -0.4 is 4.90 Å². The van der Waals surface area contributed by atoms with Gasteiger partial charge < -0.3 is 14.7 Å². The van der Waals surface area contributed by atoms with Gasteiger partial charge in [-0.3, -0.25) is 4.79 Å². The number of anilines is 1. The van der Waals surface area contributed by atoms with Crippen LogP contribution in [0.5, 0.6) is 0 Å². The van der Waals surface area contributed by atoms with Gasteiger partial charge in [-0.1, -0.05) is 0 Å². The average Bonchev–Trinajstić information content (AvgIpc) is 2.75. The number of thiazole rings is 1. The summed E-state index contributed by atoms with van der Waals surface area (Å²) in [6, 6.07) is 0. The lowest BCUT2D eigenvalue weighted by molar-refractivity contribution is -0.136. The van der Waals surface area contributed by atoms with Crippen molar-refractivity contribution in [3.8, 4) is 0 Å². The number of carboxylic acids is 1. The Bertz CT molecular complexity index is 354. The van der Waals surface area contributed by atoms with E-state index in [4.69, 9.17) is 9.84 Å². The fourth-order valence-corrected chi connectivity index (χ4v) is 2.12. The Labute approximate surface area is 105 Å². The van der Waals surface area contributed by atoms with Crippen LogP contribution in [0.15, 0.2) is 5.38 Å². The van der Waals surface area contributed by atoms with Crippen LogP contribution in [-0.2, 0) is 16.0 Å². The van der Waals surface area contributed by atoms with Crippen molar-refractivity contribution in [3.05, 3.63) is 11.1 Å². The van der Waals surface area contributed by atoms with Crippen molar-refractivity contribution in [1.82, 2.24) is 4.98 Å². The highest BCUT2D eigenvalue weighted by atomic mass is 32.1. The molecule has 6 heteroatoms. The molecule has 1 rings (SSSR count). The number of rotatable bonds is 8. The van der Waals surface area contributed by atoms with Crippen LogP contribution >= 0.6 is 11.3 Å². The van der Waals surface area contributed by atoms with E-state index in [1.54, 1.807) is 0 Å². The van der Waals surface area contributed by atoms with Crippen LogP contribution in [0.1, 0.15) is 19.0 Å². The molecule has 0 atom stereocenters. The van der Waals surface area contributed by atoms with Gasteiger partial charge in [-0.15, -0.1) is 11.3 Å². The lowest BCUT2D eigenvalue weighted by atomic mass is 10.2. The van der Waals surface area contributed by atoms with Crippen LogP contribution in [0.25, 0.3) is 0 Å². The average molecular weight is 258 g/mol. The first-order valence-corrected chi connectivity index (χ1v) is 6.46. The third kappa shape index (κ3) is 5.14. The van der Waals surface area contributed by atoms with Crippen molar-refractivity contribution >= 4 is 22.4 Å². The third-order valence-electron chi connectivity index (χ3n) is 2.24. The molecule has 0 aliphatic heterocycles. The Hall–Kier alpha value is -1.14. The minimum Gasteiger partial charge on any atom is -0.481 e. The van der Waals surface area contributed by atoms with Gasteiger partial charge in [0.25, 0.3) is 0 Å². The summed E-state index contributed by atoms with van der Waals surface area (Å²) in [6.07, 6.45) is 0.622. The summed E-state index contributed by atoms with van der Waals surface area (Å²) >= 11 is 1.53. The highest BCUT2D eigenvalue weighted by molar-refractivity contribution is 7.13. The van der Waals surface area contributed by atoms with Gasteiger partial charge >= 0.3 is 5.97 Å². The first-order chi connectivity index (χ1) is 8.13. The number of carboxylic acid groups (broad SMARTS) is 1.